The number of benzene rings is 2. The summed E-state index contributed by atoms with van der Waals surface area (Å²) in [6, 6.07) is 11.4. The quantitative estimate of drug-likeness (QED) is 0.163. The molecule has 0 spiro atoms. The highest BCUT2D eigenvalue weighted by Crippen LogP contribution is 2.27. The lowest BCUT2D eigenvalue weighted by atomic mass is 9.98. The maximum Gasteiger partial charge on any atom is 0.417 e. The molecule has 1 aromatic heterocycles. The highest BCUT2D eigenvalue weighted by atomic mass is 16.6. The van der Waals surface area contributed by atoms with Gasteiger partial charge >= 0.3 is 23.8 Å². The molecule has 8 rings (SSSR count). The van der Waals surface area contributed by atoms with Gasteiger partial charge in [0.05, 0.1) is 18.5 Å². The van der Waals surface area contributed by atoms with E-state index in [-0.39, 0.29) is 36.3 Å². The van der Waals surface area contributed by atoms with Crippen LogP contribution in [0.15, 0.2) is 45.6 Å². The summed E-state index contributed by atoms with van der Waals surface area (Å²) < 4.78 is 16.5. The van der Waals surface area contributed by atoms with Gasteiger partial charge in [0, 0.05) is 76.9 Å². The fourth-order valence-electron chi connectivity index (χ4n) is 9.52. The number of hydrogen-bond donors (Lipinski definition) is 2. The first kappa shape index (κ1) is 46.6. The van der Waals surface area contributed by atoms with Crippen molar-refractivity contribution >= 4 is 46.7 Å². The van der Waals surface area contributed by atoms with Crippen LogP contribution in [0.25, 0.3) is 11.1 Å². The number of esters is 1. The second-order valence-corrected chi connectivity index (χ2v) is 18.5. The molecule has 16 heteroatoms. The van der Waals surface area contributed by atoms with Crippen molar-refractivity contribution in [2.45, 2.75) is 110 Å². The molecule has 0 bridgehead atoms. The predicted molar refractivity (Wildman–Crippen MR) is 242 cm³/mol. The van der Waals surface area contributed by atoms with Gasteiger partial charge in [-0.2, -0.15) is 0 Å². The molecule has 0 aliphatic carbocycles. The maximum atomic E-state index is 13.7. The van der Waals surface area contributed by atoms with E-state index in [1.165, 1.54) is 12.8 Å². The summed E-state index contributed by atoms with van der Waals surface area (Å²) in [6.45, 7) is 14.1. The van der Waals surface area contributed by atoms with Crippen LogP contribution < -0.4 is 11.1 Å². The molecule has 5 amide bonds. The number of aromatic nitrogens is 1. The number of anilines is 1. The second kappa shape index (κ2) is 22.0. The lowest BCUT2D eigenvalue weighted by Crippen LogP contribution is -2.51. The number of aryl methyl sites for hydroxylation is 1. The van der Waals surface area contributed by atoms with Crippen LogP contribution in [0, 0.1) is 18.8 Å². The number of rotatable bonds is 12. The number of nitrogens with zero attached hydrogens (tertiary/aromatic N) is 5. The normalized spacial score (nSPS) is 19.7. The number of ether oxygens (including phenoxy) is 2. The van der Waals surface area contributed by atoms with E-state index in [4.69, 9.17) is 13.9 Å². The van der Waals surface area contributed by atoms with E-state index in [9.17, 15) is 28.8 Å². The largest absolute Gasteiger partial charge is 0.466 e. The Labute approximate surface area is 375 Å². The van der Waals surface area contributed by atoms with Gasteiger partial charge in [-0.25, -0.2) is 14.4 Å². The van der Waals surface area contributed by atoms with Gasteiger partial charge in [0.25, 0.3) is 5.91 Å². The number of hydrogen-bond acceptors (Lipinski definition) is 10. The van der Waals surface area contributed by atoms with Gasteiger partial charge in [0.1, 0.15) is 0 Å². The van der Waals surface area contributed by atoms with E-state index in [2.05, 4.69) is 29.0 Å². The highest BCUT2D eigenvalue weighted by Gasteiger charge is 2.35. The molecule has 16 nitrogen and oxygen atoms in total. The molecule has 4 saturated heterocycles. The fraction of sp³-hybridized carbons (Fsp3) is 0.625. The molecule has 2 N–H and O–H groups in total. The average Bonchev–Trinajstić information content (AvgIpc) is 3.84. The summed E-state index contributed by atoms with van der Waals surface area (Å²) >= 11 is 0. The number of likely N-dealkylation sites (tertiary alicyclic amines) is 4. The van der Waals surface area contributed by atoms with Gasteiger partial charge in [-0.3, -0.25) is 19.4 Å². The lowest BCUT2D eigenvalue weighted by Gasteiger charge is -2.38. The monoisotopic (exact) mass is 886 g/mol. The molecule has 0 saturated carbocycles. The summed E-state index contributed by atoms with van der Waals surface area (Å²) in [5, 5.41) is 3.03. The Balaban J connectivity index is 0.000000245. The first-order valence-corrected chi connectivity index (χ1v) is 23.6. The Morgan fingerprint density at radius 3 is 2.25 bits per heavy atom. The van der Waals surface area contributed by atoms with Crippen molar-refractivity contribution in [2.24, 2.45) is 11.8 Å². The van der Waals surface area contributed by atoms with Crippen LogP contribution in [-0.4, -0.2) is 144 Å². The van der Waals surface area contributed by atoms with Crippen LogP contribution >= 0.6 is 0 Å². The Kier molecular flexibility index (Phi) is 16.0. The molecule has 3 aromatic rings. The summed E-state index contributed by atoms with van der Waals surface area (Å²) in [6.07, 6.45) is 7.84. The van der Waals surface area contributed by atoms with E-state index >= 15 is 0 Å². The van der Waals surface area contributed by atoms with Crippen molar-refractivity contribution in [2.75, 3.05) is 77.4 Å². The summed E-state index contributed by atoms with van der Waals surface area (Å²) in [5.74, 6) is 0.753. The number of H-pyrrole nitrogens is 1. The molecule has 0 radical (unpaired) electrons. The van der Waals surface area contributed by atoms with Crippen LogP contribution in [0.3, 0.4) is 0 Å². The molecular formula is C48H67N7O9. The van der Waals surface area contributed by atoms with Gasteiger partial charge < -0.3 is 43.7 Å². The summed E-state index contributed by atoms with van der Waals surface area (Å²) in [7, 11) is 0. The molecule has 64 heavy (non-hydrogen) atoms. The van der Waals surface area contributed by atoms with E-state index in [0.29, 0.717) is 82.0 Å². The molecule has 4 fully saturated rings. The zero-order valence-corrected chi connectivity index (χ0v) is 37.9. The van der Waals surface area contributed by atoms with Crippen molar-refractivity contribution in [3.05, 3.63) is 63.6 Å². The van der Waals surface area contributed by atoms with Crippen molar-refractivity contribution < 1.29 is 37.9 Å². The Morgan fingerprint density at radius 1 is 0.828 bits per heavy atom. The molecule has 6 heterocycles. The van der Waals surface area contributed by atoms with Crippen LogP contribution in [0.4, 0.5) is 15.3 Å². The number of nitrogens with one attached hydrogen (secondary N) is 2. The fourth-order valence-corrected chi connectivity index (χ4v) is 9.52. The van der Waals surface area contributed by atoms with Crippen LogP contribution in [0.1, 0.15) is 94.7 Å². The number of oxazole rings is 1. The molecule has 348 valence electrons. The Bertz CT molecular complexity index is 2150. The van der Waals surface area contributed by atoms with Gasteiger partial charge in [-0.1, -0.05) is 38.1 Å². The third-order valence-corrected chi connectivity index (χ3v) is 13.6. The first-order valence-electron chi connectivity index (χ1n) is 23.6. The third kappa shape index (κ3) is 12.4. The van der Waals surface area contributed by atoms with Crippen molar-refractivity contribution in [3.63, 3.8) is 0 Å². The molecule has 5 aliphatic rings. The number of aromatic amines is 1. The van der Waals surface area contributed by atoms with Gasteiger partial charge in [-0.05, 0) is 118 Å². The summed E-state index contributed by atoms with van der Waals surface area (Å²) in [5.41, 5.74) is 4.55. The van der Waals surface area contributed by atoms with Gasteiger partial charge in [0.2, 0.25) is 5.91 Å². The SMILES string of the molecule is CC1CCN(CCC(=O)OCCCN2CCCC2=O)CC1.Cc1cc(C[C@@H](OC(=O)N2CCC(N3CCc4ccccc4NC3=O)CC2)C(=O)N2CCC(C)CC2)cc2oc(=O)[nH]c12. The van der Waals surface area contributed by atoms with E-state index in [0.717, 1.165) is 93.1 Å². The van der Waals surface area contributed by atoms with Crippen LogP contribution in [0.5, 0.6) is 0 Å². The van der Waals surface area contributed by atoms with Gasteiger partial charge in [-0.15, -0.1) is 0 Å². The minimum atomic E-state index is -1.00. The summed E-state index contributed by atoms with van der Waals surface area (Å²) in [4.78, 5) is 87.2. The molecule has 5 aliphatic heterocycles. The number of urea groups is 1. The lowest BCUT2D eigenvalue weighted by molar-refractivity contribution is -0.144. The number of para-hydroxylation sites is 1. The van der Waals surface area contributed by atoms with E-state index in [1.54, 1.807) is 15.9 Å². The van der Waals surface area contributed by atoms with Crippen molar-refractivity contribution in [1.29, 1.82) is 0 Å². The molecule has 2 aromatic carbocycles. The molecule has 1 atom stereocenters. The first-order chi connectivity index (χ1) is 30.9. The topological polar surface area (TPSA) is 178 Å². The minimum Gasteiger partial charge on any atom is -0.466 e. The predicted octanol–water partition coefficient (Wildman–Crippen LogP) is 5.95. The zero-order valence-electron chi connectivity index (χ0n) is 37.9. The van der Waals surface area contributed by atoms with E-state index in [1.807, 2.05) is 47.1 Å². The molecule has 0 unspecified atom stereocenters. The maximum absolute atomic E-state index is 13.7. The Hall–Kier alpha value is -5.38. The van der Waals surface area contributed by atoms with Crippen molar-refractivity contribution in [3.8, 4) is 0 Å². The minimum absolute atomic E-state index is 0.0110. The smallest absolute Gasteiger partial charge is 0.417 e. The average molecular weight is 886 g/mol. The molecular weight excluding hydrogens is 819 g/mol. The van der Waals surface area contributed by atoms with Crippen LogP contribution in [0.2, 0.25) is 0 Å². The standard InChI is InChI=1S/C32H39N5O6.C16H28N2O3/c1-20-7-12-35(13-8-20)29(38)27(19-22-17-21(2)28-26(18-22)42-31(40)34-28)43-32(41)36-14-10-24(11-15-36)37-16-9-23-5-3-4-6-25(23)33-30(37)39;1-14-5-10-17(11-6-14)12-7-16(20)21-13-3-9-18-8-2-4-15(18)19/h3-6,17-18,20,24,27H,7-16,19H2,1-2H3,(H,33,39)(H,34,40);14H,2-13H2,1H3/t27-;/m1./s1. The number of carbonyl (C=O) groups excluding carboxylic acids is 5. The number of carbonyl (C=O) groups is 5. The number of amides is 5. The van der Waals surface area contributed by atoms with Crippen LogP contribution in [-0.2, 0) is 36.7 Å². The third-order valence-electron chi connectivity index (χ3n) is 13.6. The van der Waals surface area contributed by atoms with Gasteiger partial charge in [0.15, 0.2) is 11.7 Å². The number of fused-ring (bicyclic) bond motifs is 2. The zero-order chi connectivity index (χ0) is 45.2. The highest BCUT2D eigenvalue weighted by molar-refractivity contribution is 5.91. The Morgan fingerprint density at radius 2 is 1.53 bits per heavy atom. The number of piperidine rings is 3. The second-order valence-electron chi connectivity index (χ2n) is 18.5. The van der Waals surface area contributed by atoms with Crippen molar-refractivity contribution in [1.82, 2.24) is 29.5 Å². The van der Waals surface area contributed by atoms with E-state index < -0.39 is 18.0 Å².